The third-order valence-corrected chi connectivity index (χ3v) is 2.52. The molecular weight excluding hydrogens is 156 g/mol. The monoisotopic (exact) mass is 169 g/mol. The molecule has 68 valence electrons. The van der Waals surface area contributed by atoms with Crippen molar-refractivity contribution in [2.45, 2.75) is 32.8 Å². The Balaban J connectivity index is 2.91. The Labute approximate surface area is 72.0 Å². The molecule has 0 aromatic heterocycles. The van der Waals surface area contributed by atoms with Gasteiger partial charge in [-0.05, 0) is 25.8 Å². The molecule has 1 rings (SSSR count). The predicted octanol–water partition coefficient (Wildman–Crippen LogP) is 0.455. The van der Waals surface area contributed by atoms with Gasteiger partial charge in [-0.1, -0.05) is 6.92 Å². The van der Waals surface area contributed by atoms with Gasteiger partial charge in [-0.3, -0.25) is 0 Å². The molecule has 12 heavy (non-hydrogen) atoms. The van der Waals surface area contributed by atoms with Crippen molar-refractivity contribution in [1.29, 1.82) is 0 Å². The van der Waals surface area contributed by atoms with Crippen LogP contribution in [0.15, 0.2) is 11.8 Å². The molecule has 3 nitrogen and oxygen atoms in total. The van der Waals surface area contributed by atoms with E-state index in [1.165, 1.54) is 6.26 Å². The minimum absolute atomic E-state index is 0.595. The first kappa shape index (κ1) is 9.10. The van der Waals surface area contributed by atoms with Crippen LogP contribution < -0.4 is 5.11 Å². The summed E-state index contributed by atoms with van der Waals surface area (Å²) in [5.74, 6) is -1.65. The first-order valence-electron chi connectivity index (χ1n) is 4.06. The Morgan fingerprint density at radius 3 is 2.75 bits per heavy atom. The molecule has 0 N–H and O–H groups in total. The largest absolute Gasteiger partial charge is 0.549 e. The van der Waals surface area contributed by atoms with E-state index in [2.05, 4.69) is 0 Å². The highest BCUT2D eigenvalue weighted by atomic mass is 16.5. The number of carboxylic acids is 1. The lowest BCUT2D eigenvalue weighted by atomic mass is 9.84. The lowest BCUT2D eigenvalue weighted by molar-refractivity contribution is -0.313. The smallest absolute Gasteiger partial charge is 0.117 e. The first-order chi connectivity index (χ1) is 5.51. The van der Waals surface area contributed by atoms with E-state index in [0.717, 1.165) is 5.57 Å². The molecule has 0 amide bonds. The number of aliphatic carboxylic acids is 1. The fourth-order valence-corrected chi connectivity index (χ4v) is 1.57. The number of rotatable bonds is 2. The maximum Gasteiger partial charge on any atom is 0.117 e. The van der Waals surface area contributed by atoms with Crippen LogP contribution in [-0.2, 0) is 9.53 Å². The van der Waals surface area contributed by atoms with Gasteiger partial charge < -0.3 is 14.6 Å². The molecule has 0 aromatic carbocycles. The third-order valence-electron chi connectivity index (χ3n) is 2.52. The second-order valence-corrected chi connectivity index (χ2v) is 3.40. The van der Waals surface area contributed by atoms with Crippen molar-refractivity contribution < 1.29 is 14.6 Å². The van der Waals surface area contributed by atoms with E-state index in [9.17, 15) is 9.90 Å². The minimum atomic E-state index is -1.05. The summed E-state index contributed by atoms with van der Waals surface area (Å²) in [7, 11) is 0. The van der Waals surface area contributed by atoms with Crippen molar-refractivity contribution in [3.05, 3.63) is 11.8 Å². The maximum absolute atomic E-state index is 10.8. The summed E-state index contributed by atoms with van der Waals surface area (Å²) in [6, 6.07) is 0. The molecule has 3 heteroatoms. The van der Waals surface area contributed by atoms with Gasteiger partial charge in [0.1, 0.15) is 5.60 Å². The Kier molecular flexibility index (Phi) is 2.13. The number of carbonyl (C=O) groups is 1. The molecule has 1 aliphatic rings. The molecule has 2 unspecified atom stereocenters. The molecule has 0 aromatic rings. The summed E-state index contributed by atoms with van der Waals surface area (Å²) >= 11 is 0. The molecule has 0 bridgehead atoms. The topological polar surface area (TPSA) is 49.4 Å². The summed E-state index contributed by atoms with van der Waals surface area (Å²) in [5.41, 5.74) is 0.127. The van der Waals surface area contributed by atoms with Gasteiger partial charge in [0.25, 0.3) is 0 Å². The normalized spacial score (nSPS) is 34.2. The SMILES string of the molecule is CCC1(C)OC=C(C)C1C(=O)[O-]. The van der Waals surface area contributed by atoms with E-state index >= 15 is 0 Å². The lowest BCUT2D eigenvalue weighted by Crippen LogP contribution is -2.44. The molecule has 0 aliphatic carbocycles. The molecule has 0 fully saturated rings. The lowest BCUT2D eigenvalue weighted by Gasteiger charge is -2.31. The molecular formula is C9H13O3-. The maximum atomic E-state index is 10.8. The fourth-order valence-electron chi connectivity index (χ4n) is 1.57. The van der Waals surface area contributed by atoms with E-state index in [-0.39, 0.29) is 0 Å². The minimum Gasteiger partial charge on any atom is -0.549 e. The van der Waals surface area contributed by atoms with E-state index in [0.29, 0.717) is 6.42 Å². The molecule has 1 heterocycles. The summed E-state index contributed by atoms with van der Waals surface area (Å²) < 4.78 is 5.29. The van der Waals surface area contributed by atoms with Gasteiger partial charge in [0.2, 0.25) is 0 Å². The fraction of sp³-hybridized carbons (Fsp3) is 0.667. The van der Waals surface area contributed by atoms with Crippen LogP contribution in [0.4, 0.5) is 0 Å². The number of hydrogen-bond acceptors (Lipinski definition) is 3. The highest BCUT2D eigenvalue weighted by molar-refractivity contribution is 5.73. The first-order valence-corrected chi connectivity index (χ1v) is 4.06. The Bertz CT molecular complexity index is 232. The second-order valence-electron chi connectivity index (χ2n) is 3.40. The second kappa shape index (κ2) is 2.81. The average Bonchev–Trinajstić information content (AvgIpc) is 2.28. The zero-order valence-electron chi connectivity index (χ0n) is 7.59. The average molecular weight is 169 g/mol. The summed E-state index contributed by atoms with van der Waals surface area (Å²) in [6.45, 7) is 5.45. The van der Waals surface area contributed by atoms with Crippen molar-refractivity contribution in [3.63, 3.8) is 0 Å². The Morgan fingerprint density at radius 2 is 2.42 bits per heavy atom. The van der Waals surface area contributed by atoms with Gasteiger partial charge >= 0.3 is 0 Å². The van der Waals surface area contributed by atoms with Gasteiger partial charge in [-0.15, -0.1) is 0 Å². The summed E-state index contributed by atoms with van der Waals surface area (Å²) in [5, 5.41) is 10.8. The number of ether oxygens (including phenoxy) is 1. The molecule has 1 aliphatic heterocycles. The summed E-state index contributed by atoms with van der Waals surface area (Å²) in [4.78, 5) is 10.8. The number of hydrogen-bond donors (Lipinski definition) is 0. The van der Waals surface area contributed by atoms with E-state index in [1.807, 2.05) is 6.92 Å². The van der Waals surface area contributed by atoms with Crippen molar-refractivity contribution in [2.75, 3.05) is 0 Å². The zero-order chi connectivity index (χ0) is 9.35. The van der Waals surface area contributed by atoms with Crippen LogP contribution in [-0.4, -0.2) is 11.6 Å². The molecule has 0 spiro atoms. The highest BCUT2D eigenvalue weighted by Crippen LogP contribution is 2.36. The van der Waals surface area contributed by atoms with Gasteiger partial charge in [0.15, 0.2) is 0 Å². The third kappa shape index (κ3) is 1.19. The van der Waals surface area contributed by atoms with E-state index in [1.54, 1.807) is 13.8 Å². The van der Waals surface area contributed by atoms with E-state index < -0.39 is 17.5 Å². The molecule has 0 radical (unpaired) electrons. The number of carbonyl (C=O) groups excluding carboxylic acids is 1. The van der Waals surface area contributed by atoms with Gasteiger partial charge in [0.05, 0.1) is 18.1 Å². The van der Waals surface area contributed by atoms with Gasteiger partial charge in [-0.25, -0.2) is 0 Å². The van der Waals surface area contributed by atoms with Crippen LogP contribution in [0.3, 0.4) is 0 Å². The van der Waals surface area contributed by atoms with Crippen molar-refractivity contribution in [3.8, 4) is 0 Å². The van der Waals surface area contributed by atoms with Crippen molar-refractivity contribution in [2.24, 2.45) is 5.92 Å². The van der Waals surface area contributed by atoms with E-state index in [4.69, 9.17) is 4.74 Å². The van der Waals surface area contributed by atoms with Crippen LogP contribution in [0, 0.1) is 5.92 Å². The molecule has 2 atom stereocenters. The van der Waals surface area contributed by atoms with Crippen molar-refractivity contribution in [1.82, 2.24) is 0 Å². The Morgan fingerprint density at radius 1 is 1.83 bits per heavy atom. The van der Waals surface area contributed by atoms with Gasteiger partial charge in [0, 0.05) is 0 Å². The molecule has 0 saturated carbocycles. The molecule has 0 saturated heterocycles. The van der Waals surface area contributed by atoms with Crippen LogP contribution in [0.5, 0.6) is 0 Å². The van der Waals surface area contributed by atoms with Crippen LogP contribution in [0.2, 0.25) is 0 Å². The quantitative estimate of drug-likeness (QED) is 0.603. The van der Waals surface area contributed by atoms with Crippen LogP contribution in [0.25, 0.3) is 0 Å². The van der Waals surface area contributed by atoms with Crippen LogP contribution in [0.1, 0.15) is 27.2 Å². The van der Waals surface area contributed by atoms with Crippen molar-refractivity contribution >= 4 is 5.97 Å². The van der Waals surface area contributed by atoms with Gasteiger partial charge in [-0.2, -0.15) is 0 Å². The number of carboxylic acid groups (broad SMARTS) is 1. The highest BCUT2D eigenvalue weighted by Gasteiger charge is 2.40. The Hall–Kier alpha value is -0.990. The summed E-state index contributed by atoms with van der Waals surface area (Å²) in [6.07, 6.45) is 2.18. The predicted molar refractivity (Wildman–Crippen MR) is 42.0 cm³/mol. The zero-order valence-corrected chi connectivity index (χ0v) is 7.59. The standard InChI is InChI=1S/C9H14O3/c1-4-9(3)7(8(10)11)6(2)5-12-9/h5,7H,4H2,1-3H3,(H,10,11)/p-1. The van der Waals surface area contributed by atoms with Crippen LogP contribution >= 0.6 is 0 Å².